The zero-order valence-corrected chi connectivity index (χ0v) is 13.5. The molecule has 0 bridgehead atoms. The van der Waals surface area contributed by atoms with Crippen molar-refractivity contribution in [2.75, 3.05) is 0 Å². The third-order valence-corrected chi connectivity index (χ3v) is 7.77. The van der Waals surface area contributed by atoms with Crippen LogP contribution in [0.4, 0.5) is 0 Å². The Morgan fingerprint density at radius 1 is 1.14 bits per heavy atom. The van der Waals surface area contributed by atoms with Crippen molar-refractivity contribution in [2.45, 2.75) is 70.0 Å². The van der Waals surface area contributed by atoms with Crippen molar-refractivity contribution in [1.29, 1.82) is 5.26 Å². The van der Waals surface area contributed by atoms with Crippen LogP contribution in [0.15, 0.2) is 11.6 Å². The van der Waals surface area contributed by atoms with Crippen molar-refractivity contribution in [2.24, 2.45) is 29.1 Å². The van der Waals surface area contributed by atoms with E-state index in [0.717, 1.165) is 38.5 Å². The highest BCUT2D eigenvalue weighted by Crippen LogP contribution is 2.64. The van der Waals surface area contributed by atoms with Crippen LogP contribution >= 0.6 is 0 Å². The molecule has 4 aliphatic carbocycles. The van der Waals surface area contributed by atoms with Crippen molar-refractivity contribution in [3.05, 3.63) is 11.6 Å². The van der Waals surface area contributed by atoms with Gasteiger partial charge in [-0.25, -0.2) is 0 Å². The molecule has 0 aliphatic heterocycles. The fourth-order valence-electron chi connectivity index (χ4n) is 6.51. The maximum Gasteiger partial charge on any atom is 0.156 e. The van der Waals surface area contributed by atoms with Crippen LogP contribution in [0.3, 0.4) is 0 Å². The van der Waals surface area contributed by atoms with E-state index >= 15 is 0 Å². The first kappa shape index (κ1) is 14.7. The van der Waals surface area contributed by atoms with Gasteiger partial charge < -0.3 is 10.2 Å². The summed E-state index contributed by atoms with van der Waals surface area (Å²) >= 11 is 0. The maximum absolute atomic E-state index is 10.8. The second-order valence-corrected chi connectivity index (χ2v) is 8.43. The van der Waals surface area contributed by atoms with Gasteiger partial charge in [-0.15, -0.1) is 0 Å². The van der Waals surface area contributed by atoms with Crippen LogP contribution in [-0.4, -0.2) is 21.9 Å². The standard InChI is InChI=1S/C19H27NO2/c1-18-8-6-15-14-5-3-13(21)10-12(14)2-4-16(15)17(18)7-9-19(18,22)11-20/h10,13-17,21-22H,2-9H2,1H3. The summed E-state index contributed by atoms with van der Waals surface area (Å²) in [6.07, 6.45) is 10.00. The smallest absolute Gasteiger partial charge is 0.156 e. The highest BCUT2D eigenvalue weighted by molar-refractivity contribution is 5.24. The van der Waals surface area contributed by atoms with Crippen molar-refractivity contribution in [3.8, 4) is 6.07 Å². The van der Waals surface area contributed by atoms with E-state index in [1.54, 1.807) is 0 Å². The summed E-state index contributed by atoms with van der Waals surface area (Å²) in [5, 5.41) is 30.2. The zero-order valence-electron chi connectivity index (χ0n) is 13.5. The summed E-state index contributed by atoms with van der Waals surface area (Å²) < 4.78 is 0. The normalized spacial score (nSPS) is 53.7. The Bertz CT molecular complexity index is 550. The van der Waals surface area contributed by atoms with Crippen molar-refractivity contribution < 1.29 is 10.2 Å². The summed E-state index contributed by atoms with van der Waals surface area (Å²) in [5.74, 6) is 2.54. The highest BCUT2D eigenvalue weighted by Gasteiger charge is 2.62. The predicted molar refractivity (Wildman–Crippen MR) is 83.7 cm³/mol. The highest BCUT2D eigenvalue weighted by atomic mass is 16.3. The molecule has 7 atom stereocenters. The predicted octanol–water partition coefficient (Wildman–Crippen LogP) is 3.17. The van der Waals surface area contributed by atoms with E-state index < -0.39 is 5.60 Å². The van der Waals surface area contributed by atoms with Crippen LogP contribution in [-0.2, 0) is 0 Å². The Balaban J connectivity index is 1.64. The van der Waals surface area contributed by atoms with Crippen LogP contribution in [0.2, 0.25) is 0 Å². The molecule has 4 aliphatic rings. The Kier molecular flexibility index (Phi) is 3.23. The van der Waals surface area contributed by atoms with Gasteiger partial charge in [0.25, 0.3) is 0 Å². The zero-order chi connectivity index (χ0) is 15.5. The number of aliphatic hydroxyl groups is 2. The lowest BCUT2D eigenvalue weighted by molar-refractivity contribution is -0.0875. The quantitative estimate of drug-likeness (QED) is 0.533. The number of allylic oxidation sites excluding steroid dienone is 1. The fraction of sp³-hybridized carbons (Fsp3) is 0.842. The fourth-order valence-corrected chi connectivity index (χ4v) is 6.51. The molecule has 7 unspecified atom stereocenters. The van der Waals surface area contributed by atoms with E-state index in [1.165, 1.54) is 12.0 Å². The Hall–Kier alpha value is -0.850. The van der Waals surface area contributed by atoms with Crippen molar-refractivity contribution in [1.82, 2.24) is 0 Å². The lowest BCUT2D eigenvalue weighted by Crippen LogP contribution is -2.52. The average Bonchev–Trinajstić information content (AvgIpc) is 2.79. The molecule has 2 N–H and O–H groups in total. The van der Waals surface area contributed by atoms with Gasteiger partial charge in [-0.05, 0) is 75.0 Å². The van der Waals surface area contributed by atoms with Crippen molar-refractivity contribution >= 4 is 0 Å². The number of fused-ring (bicyclic) bond motifs is 5. The molecule has 0 aromatic rings. The molecule has 3 fully saturated rings. The van der Waals surface area contributed by atoms with E-state index in [2.05, 4.69) is 19.1 Å². The Labute approximate surface area is 133 Å². The molecule has 0 spiro atoms. The van der Waals surface area contributed by atoms with Gasteiger partial charge in [0.1, 0.15) is 0 Å². The van der Waals surface area contributed by atoms with Crippen LogP contribution < -0.4 is 0 Å². The Morgan fingerprint density at radius 2 is 1.95 bits per heavy atom. The van der Waals surface area contributed by atoms with Gasteiger partial charge in [-0.2, -0.15) is 5.26 Å². The summed E-state index contributed by atoms with van der Waals surface area (Å²) in [6, 6.07) is 2.25. The van der Waals surface area contributed by atoms with E-state index in [0.29, 0.717) is 30.1 Å². The first-order valence-corrected chi connectivity index (χ1v) is 9.01. The molecule has 0 amide bonds. The van der Waals surface area contributed by atoms with E-state index in [-0.39, 0.29) is 11.5 Å². The SMILES string of the molecule is CC12CCC3C4CCC(O)C=C4CCC3C1CCC2(O)C#N. The monoisotopic (exact) mass is 301 g/mol. The van der Waals surface area contributed by atoms with Gasteiger partial charge in [0.05, 0.1) is 12.2 Å². The molecule has 3 saturated carbocycles. The van der Waals surface area contributed by atoms with E-state index in [4.69, 9.17) is 0 Å². The number of aliphatic hydroxyl groups excluding tert-OH is 1. The minimum Gasteiger partial charge on any atom is -0.389 e. The van der Waals surface area contributed by atoms with Crippen LogP contribution in [0, 0.1) is 40.4 Å². The number of nitrogens with zero attached hydrogens (tertiary/aromatic N) is 1. The molecular formula is C19H27NO2. The maximum atomic E-state index is 10.8. The molecule has 4 rings (SSSR count). The summed E-state index contributed by atoms with van der Waals surface area (Å²) in [6.45, 7) is 2.17. The first-order valence-electron chi connectivity index (χ1n) is 9.01. The second-order valence-electron chi connectivity index (χ2n) is 8.43. The Morgan fingerprint density at radius 3 is 2.73 bits per heavy atom. The molecule has 0 aromatic heterocycles. The third-order valence-electron chi connectivity index (χ3n) is 7.77. The molecule has 3 heteroatoms. The minimum atomic E-state index is -1.11. The van der Waals surface area contributed by atoms with Crippen LogP contribution in [0.5, 0.6) is 0 Å². The van der Waals surface area contributed by atoms with Gasteiger partial charge in [0, 0.05) is 5.41 Å². The summed E-state index contributed by atoms with van der Waals surface area (Å²) in [7, 11) is 0. The molecule has 120 valence electrons. The summed E-state index contributed by atoms with van der Waals surface area (Å²) in [4.78, 5) is 0. The van der Waals surface area contributed by atoms with Crippen molar-refractivity contribution in [3.63, 3.8) is 0 Å². The number of nitriles is 1. The molecule has 0 heterocycles. The topological polar surface area (TPSA) is 64.2 Å². The number of hydrogen-bond acceptors (Lipinski definition) is 3. The molecule has 22 heavy (non-hydrogen) atoms. The lowest BCUT2D eigenvalue weighted by Gasteiger charge is -2.54. The average molecular weight is 301 g/mol. The molecule has 3 nitrogen and oxygen atoms in total. The first-order chi connectivity index (χ1) is 10.5. The molecule has 0 aromatic carbocycles. The second kappa shape index (κ2) is 4.82. The molecular weight excluding hydrogens is 274 g/mol. The molecule has 0 saturated heterocycles. The number of hydrogen-bond donors (Lipinski definition) is 2. The number of rotatable bonds is 0. The van der Waals surface area contributed by atoms with Gasteiger partial charge in [0.2, 0.25) is 0 Å². The largest absolute Gasteiger partial charge is 0.389 e. The lowest BCUT2D eigenvalue weighted by atomic mass is 9.50. The van der Waals surface area contributed by atoms with Gasteiger partial charge in [-0.1, -0.05) is 18.6 Å². The minimum absolute atomic E-state index is 0.210. The van der Waals surface area contributed by atoms with Crippen LogP contribution in [0.1, 0.15) is 58.3 Å². The van der Waals surface area contributed by atoms with Gasteiger partial charge in [-0.3, -0.25) is 0 Å². The van der Waals surface area contributed by atoms with Gasteiger partial charge in [0.15, 0.2) is 5.60 Å². The van der Waals surface area contributed by atoms with E-state index in [9.17, 15) is 15.5 Å². The van der Waals surface area contributed by atoms with Crippen LogP contribution in [0.25, 0.3) is 0 Å². The van der Waals surface area contributed by atoms with E-state index in [1.807, 2.05) is 0 Å². The third kappa shape index (κ3) is 1.80. The molecule has 0 radical (unpaired) electrons. The summed E-state index contributed by atoms with van der Waals surface area (Å²) in [5.41, 5.74) is 0.178. The van der Waals surface area contributed by atoms with Gasteiger partial charge >= 0.3 is 0 Å².